The Labute approximate surface area is 271 Å². The smallest absolute Gasteiger partial charge is 0.822 e. The maximum absolute atomic E-state index is 9.64. The summed E-state index contributed by atoms with van der Waals surface area (Å²) in [6, 6.07) is 0. The van der Waals surface area contributed by atoms with E-state index in [2.05, 4.69) is 0 Å². The molecule has 0 aliphatic rings. The van der Waals surface area contributed by atoms with Crippen LogP contribution in [-0.4, -0.2) is 5.97 Å². The predicted octanol–water partition coefficient (Wildman–Crippen LogP) is -14.9. The van der Waals surface area contributed by atoms with Crippen molar-refractivity contribution in [2.75, 3.05) is 0 Å². The molecule has 0 aliphatic heterocycles. The van der Waals surface area contributed by atoms with Crippen LogP contribution in [0.2, 0.25) is 0 Å². The van der Waals surface area contributed by atoms with Crippen molar-refractivity contribution in [2.24, 2.45) is 0 Å². The van der Waals surface area contributed by atoms with E-state index in [0.29, 0.717) is 0 Å². The second-order valence-electron chi connectivity index (χ2n) is 1.65. The van der Waals surface area contributed by atoms with Crippen molar-refractivity contribution < 1.29 is 235 Å². The summed E-state index contributed by atoms with van der Waals surface area (Å²) in [5.41, 5.74) is 0. The first kappa shape index (κ1) is 38.3. The number of carbonyl (C=O) groups excluding carboxylic acids is 1. The Morgan fingerprint density at radius 2 is 1.29 bits per heavy atom. The van der Waals surface area contributed by atoms with Crippen LogP contribution in [0.4, 0.5) is 0 Å². The molecule has 6 nitrogen and oxygen atoms in total. The summed E-state index contributed by atoms with van der Waals surface area (Å²) in [4.78, 5) is 35.3. The zero-order valence-electron chi connectivity index (χ0n) is 10.7. The number of rotatable bonds is 2. The quantitative estimate of drug-likeness (QED) is 0.208. The molecule has 0 unspecified atom stereocenters. The van der Waals surface area contributed by atoms with Crippen LogP contribution in [0, 0.1) is 0 Å². The van der Waals surface area contributed by atoms with Gasteiger partial charge >= 0.3 is 206 Å². The van der Waals surface area contributed by atoms with Crippen LogP contribution in [0.1, 0.15) is 6.92 Å². The average molecular weight is 362 g/mol. The van der Waals surface area contributed by atoms with Crippen molar-refractivity contribution >= 4 is 13.8 Å². The first-order valence-electron chi connectivity index (χ1n) is 3.00. The molecule has 0 amide bonds. The number of phosphoric acid groups is 1. The minimum Gasteiger partial charge on any atom is -0.822 e. The Morgan fingerprint density at radius 3 is 1.47 bits per heavy atom. The van der Waals surface area contributed by atoms with E-state index in [4.69, 9.17) is 19.2 Å². The fraction of sp³-hybridized carbons (Fsp3) is 0.167. The van der Waals surface area contributed by atoms with Crippen LogP contribution in [0.5, 0.6) is 0 Å². The third-order valence-electron chi connectivity index (χ3n) is 0.536. The molecule has 0 aliphatic carbocycles. The van der Waals surface area contributed by atoms with Crippen molar-refractivity contribution in [1.29, 1.82) is 0 Å². The Balaban J connectivity index is -0.0000000306. The molecule has 17 heavy (non-hydrogen) atoms. The molecular weight excluding hydrogens is 355 g/mol. The summed E-state index contributed by atoms with van der Waals surface area (Å²) >= 11 is 0. The third kappa shape index (κ3) is 73.8. The van der Waals surface area contributed by atoms with E-state index in [1.165, 1.54) is 6.08 Å². The van der Waals surface area contributed by atoms with Gasteiger partial charge in [-0.05, 0) is 13.0 Å². The zero-order chi connectivity index (χ0) is 10.9. The molecule has 0 aromatic carbocycles. The molecule has 0 aromatic heterocycles. The van der Waals surface area contributed by atoms with Crippen molar-refractivity contribution in [3.05, 3.63) is 24.3 Å². The summed E-state index contributed by atoms with van der Waals surface area (Å²) < 4.78 is 8.55. The minimum absolute atomic E-state index is 0. The number of carboxylic acid groups (broad SMARTS) is 1. The summed E-state index contributed by atoms with van der Waals surface area (Å²) in [6.45, 7) is 1.81. The summed E-state index contributed by atoms with van der Waals surface area (Å²) in [5, 5.41) is 9.64. The standard InChI is InChI=1S/C6H8O2.4K.H3O4P/c1-2-3-4-5-6(7)8;;;;;1-5(2,3)4/h2-5H,1H3,(H,7,8);;;;;(H3,1,2,3,4)/q;4*+1;/p-4. The van der Waals surface area contributed by atoms with Crippen LogP contribution in [0.3, 0.4) is 0 Å². The summed E-state index contributed by atoms with van der Waals surface area (Å²) in [5.74, 6) is -1.16. The summed E-state index contributed by atoms with van der Waals surface area (Å²) in [7, 11) is -5.39. The number of carboxylic acids is 1. The third-order valence-corrected chi connectivity index (χ3v) is 0.536. The van der Waals surface area contributed by atoms with Gasteiger partial charge in [-0.25, -0.2) is 0 Å². The number of hydrogen-bond acceptors (Lipinski definition) is 6. The predicted molar refractivity (Wildman–Crippen MR) is 36.6 cm³/mol. The molecule has 76 valence electrons. The van der Waals surface area contributed by atoms with Gasteiger partial charge in [0.25, 0.3) is 0 Å². The second-order valence-corrected chi connectivity index (χ2v) is 2.55. The molecule has 0 saturated carbocycles. The summed E-state index contributed by atoms with van der Waals surface area (Å²) in [6.07, 6.45) is 5.74. The molecule has 0 rings (SSSR count). The second kappa shape index (κ2) is 26.5. The molecule has 0 atom stereocenters. The molecule has 0 bridgehead atoms. The number of carbonyl (C=O) groups is 1. The van der Waals surface area contributed by atoms with Gasteiger partial charge in [-0.2, -0.15) is 7.82 Å². The molecule has 0 saturated heterocycles. The van der Waals surface area contributed by atoms with Gasteiger partial charge < -0.3 is 29.1 Å². The Hall–Kier alpha value is 5.61. The van der Waals surface area contributed by atoms with Gasteiger partial charge in [0.15, 0.2) is 0 Å². The van der Waals surface area contributed by atoms with Crippen molar-refractivity contribution in [3.63, 3.8) is 0 Å². The van der Waals surface area contributed by atoms with E-state index in [9.17, 15) is 9.90 Å². The Kier molecular flexibility index (Phi) is 59.7. The van der Waals surface area contributed by atoms with Gasteiger partial charge in [-0.1, -0.05) is 18.2 Å². The van der Waals surface area contributed by atoms with Crippen LogP contribution < -0.4 is 225 Å². The molecule has 0 spiro atoms. The van der Waals surface area contributed by atoms with Crippen LogP contribution in [0.15, 0.2) is 24.3 Å². The molecule has 0 heterocycles. The van der Waals surface area contributed by atoms with E-state index in [1.807, 2.05) is 0 Å². The van der Waals surface area contributed by atoms with E-state index in [0.717, 1.165) is 6.08 Å². The van der Waals surface area contributed by atoms with Crippen LogP contribution in [0.25, 0.3) is 0 Å². The number of allylic oxidation sites excluding steroid dienone is 3. The first-order chi connectivity index (χ1) is 5.77. The van der Waals surface area contributed by atoms with Crippen molar-refractivity contribution in [2.45, 2.75) is 6.92 Å². The van der Waals surface area contributed by atoms with Gasteiger partial charge in [-0.3, -0.25) is 0 Å². The average Bonchev–Trinajstić information content (AvgIpc) is 1.83. The zero-order valence-corrected chi connectivity index (χ0v) is 24.1. The minimum atomic E-state index is -5.39. The van der Waals surface area contributed by atoms with Crippen LogP contribution in [-0.2, 0) is 9.36 Å². The monoisotopic (exact) mass is 362 g/mol. The maximum Gasteiger partial charge on any atom is 1.00 e. The van der Waals surface area contributed by atoms with Gasteiger partial charge in [0.1, 0.15) is 0 Å². The van der Waals surface area contributed by atoms with E-state index in [-0.39, 0.29) is 206 Å². The molecule has 11 heteroatoms. The number of hydrogen-bond donors (Lipinski definition) is 0. The molecule has 0 aromatic rings. The van der Waals surface area contributed by atoms with Crippen LogP contribution >= 0.6 is 7.82 Å². The largest absolute Gasteiger partial charge is 1.00 e. The number of aliphatic carboxylic acids is 1. The van der Waals surface area contributed by atoms with Gasteiger partial charge in [0.05, 0.1) is 5.97 Å². The van der Waals surface area contributed by atoms with E-state index < -0.39 is 13.8 Å². The van der Waals surface area contributed by atoms with E-state index in [1.54, 1.807) is 19.1 Å². The fourth-order valence-corrected chi connectivity index (χ4v) is 0.245. The van der Waals surface area contributed by atoms with E-state index >= 15 is 0 Å². The van der Waals surface area contributed by atoms with Crippen molar-refractivity contribution in [1.82, 2.24) is 0 Å². The first-order valence-corrected chi connectivity index (χ1v) is 4.47. The maximum atomic E-state index is 9.64. The fourth-order valence-electron chi connectivity index (χ4n) is 0.245. The Bertz CT molecular complexity index is 243. The Morgan fingerprint density at radius 1 is 1.00 bits per heavy atom. The van der Waals surface area contributed by atoms with Gasteiger partial charge in [0, 0.05) is 0 Å². The SMILES string of the molecule is CC=CC=CC(=O)[O-].O=P([O-])([O-])[O-].[K+].[K+].[K+].[K+]. The normalized spacial score (nSPS) is 8.71. The molecular formula is C6H7K4O6P. The van der Waals surface area contributed by atoms with Gasteiger partial charge in [0.2, 0.25) is 0 Å². The van der Waals surface area contributed by atoms with Crippen molar-refractivity contribution in [3.8, 4) is 0 Å². The van der Waals surface area contributed by atoms with Gasteiger partial charge in [-0.15, -0.1) is 0 Å². The molecule has 0 fully saturated rings. The molecule has 0 radical (unpaired) electrons. The topological polar surface area (TPSA) is 126 Å². The molecule has 0 N–H and O–H groups in total.